The Morgan fingerprint density at radius 3 is 3.14 bits per heavy atom. The van der Waals surface area contributed by atoms with Gasteiger partial charge in [0.05, 0.1) is 7.11 Å². The Balaban J connectivity index is 2.50. The van der Waals surface area contributed by atoms with Crippen molar-refractivity contribution < 1.29 is 9.15 Å². The van der Waals surface area contributed by atoms with Crippen LogP contribution in [0.5, 0.6) is 5.75 Å². The Bertz CT molecular complexity index is 496. The summed E-state index contributed by atoms with van der Waals surface area (Å²) in [5.41, 5.74) is 1.41. The van der Waals surface area contributed by atoms with Crippen LogP contribution in [-0.2, 0) is 6.54 Å². The number of hydrogen-bond donors (Lipinski definition) is 0. The van der Waals surface area contributed by atoms with Crippen molar-refractivity contribution in [3.05, 3.63) is 35.5 Å². The summed E-state index contributed by atoms with van der Waals surface area (Å²) in [4.78, 5) is 7.36. The molecule has 0 bridgehead atoms. The summed E-state index contributed by atoms with van der Waals surface area (Å²) < 4.78 is 10.4. The van der Waals surface area contributed by atoms with Gasteiger partial charge in [-0.15, -0.1) is 0 Å². The number of benzene rings is 1. The molecule has 1 aromatic carbocycles. The lowest BCUT2D eigenvalue weighted by atomic mass is 10.3. The Labute approximate surface area is 80.9 Å². The molecule has 0 aliphatic heterocycles. The van der Waals surface area contributed by atoms with Gasteiger partial charge in [0.1, 0.15) is 11.3 Å². The number of ether oxygens (including phenoxy) is 1. The number of aromatic nitrogens is 1. The van der Waals surface area contributed by atoms with E-state index in [4.69, 9.17) is 15.7 Å². The van der Waals surface area contributed by atoms with Crippen LogP contribution < -0.4 is 4.74 Å². The molecule has 0 saturated carbocycles. The summed E-state index contributed by atoms with van der Waals surface area (Å²) >= 11 is 0. The minimum atomic E-state index is 0.178. The molecule has 0 radical (unpaired) electrons. The number of rotatable bonds is 2. The molecular formula is C10H8N2O2. The highest BCUT2D eigenvalue weighted by atomic mass is 16.5. The molecule has 0 atom stereocenters. The van der Waals surface area contributed by atoms with E-state index in [1.165, 1.54) is 0 Å². The second kappa shape index (κ2) is 3.38. The molecule has 14 heavy (non-hydrogen) atoms. The third kappa shape index (κ3) is 1.40. The van der Waals surface area contributed by atoms with Gasteiger partial charge in [0, 0.05) is 6.07 Å². The maximum absolute atomic E-state index is 6.69. The molecule has 0 saturated heterocycles. The van der Waals surface area contributed by atoms with Crippen molar-refractivity contribution in [1.29, 1.82) is 0 Å². The molecule has 2 aromatic rings. The number of oxazole rings is 1. The number of methoxy groups -OCH3 is 1. The predicted molar refractivity (Wildman–Crippen MR) is 50.9 cm³/mol. The smallest absolute Gasteiger partial charge is 0.289 e. The van der Waals surface area contributed by atoms with E-state index >= 15 is 0 Å². The van der Waals surface area contributed by atoms with E-state index in [1.807, 2.05) is 0 Å². The van der Waals surface area contributed by atoms with Gasteiger partial charge in [-0.3, -0.25) is 0 Å². The quantitative estimate of drug-likeness (QED) is 0.678. The molecule has 0 spiro atoms. The van der Waals surface area contributed by atoms with Crippen LogP contribution in [0.4, 0.5) is 0 Å². The van der Waals surface area contributed by atoms with Crippen LogP contribution in [-0.4, -0.2) is 12.1 Å². The second-order valence-electron chi connectivity index (χ2n) is 2.76. The Morgan fingerprint density at radius 2 is 2.43 bits per heavy atom. The molecular weight excluding hydrogens is 180 g/mol. The minimum absolute atomic E-state index is 0.178. The molecule has 70 valence electrons. The van der Waals surface area contributed by atoms with Gasteiger partial charge in [0.2, 0.25) is 0 Å². The first-order chi connectivity index (χ1) is 6.83. The van der Waals surface area contributed by atoms with Crippen molar-refractivity contribution in [2.75, 3.05) is 7.11 Å². The zero-order valence-corrected chi connectivity index (χ0v) is 7.65. The summed E-state index contributed by atoms with van der Waals surface area (Å²) in [6, 6.07) is 5.37. The van der Waals surface area contributed by atoms with Crippen LogP contribution in [0, 0.1) is 6.57 Å². The Hall–Kier alpha value is -2.02. The van der Waals surface area contributed by atoms with Gasteiger partial charge in [-0.05, 0) is 12.1 Å². The molecule has 4 heteroatoms. The highest BCUT2D eigenvalue weighted by Crippen LogP contribution is 2.21. The average molecular weight is 188 g/mol. The van der Waals surface area contributed by atoms with E-state index in [-0.39, 0.29) is 6.54 Å². The topological polar surface area (TPSA) is 39.6 Å². The molecule has 0 N–H and O–H groups in total. The van der Waals surface area contributed by atoms with Gasteiger partial charge in [-0.25, -0.2) is 11.6 Å². The van der Waals surface area contributed by atoms with E-state index in [0.29, 0.717) is 11.5 Å². The van der Waals surface area contributed by atoms with Crippen molar-refractivity contribution in [2.24, 2.45) is 0 Å². The normalized spacial score (nSPS) is 10.0. The average Bonchev–Trinajstić information content (AvgIpc) is 2.59. The second-order valence-corrected chi connectivity index (χ2v) is 2.76. The van der Waals surface area contributed by atoms with E-state index in [0.717, 1.165) is 11.3 Å². The standard InChI is InChI=1S/C10H8N2O2/c1-11-6-10-12-8-5-7(13-2)3-4-9(8)14-10/h3-5H,6H2,2H3. The van der Waals surface area contributed by atoms with Crippen LogP contribution in [0.15, 0.2) is 22.6 Å². The van der Waals surface area contributed by atoms with Crippen LogP contribution in [0.1, 0.15) is 5.89 Å². The third-order valence-corrected chi connectivity index (χ3v) is 1.85. The Kier molecular flexibility index (Phi) is 2.07. The largest absolute Gasteiger partial charge is 0.497 e. The van der Waals surface area contributed by atoms with Crippen molar-refractivity contribution in [3.8, 4) is 5.75 Å². The highest BCUT2D eigenvalue weighted by molar-refractivity contribution is 5.74. The van der Waals surface area contributed by atoms with Crippen molar-refractivity contribution in [3.63, 3.8) is 0 Å². The van der Waals surface area contributed by atoms with Gasteiger partial charge in [0.25, 0.3) is 12.4 Å². The molecule has 0 unspecified atom stereocenters. The van der Waals surface area contributed by atoms with Crippen LogP contribution >= 0.6 is 0 Å². The van der Waals surface area contributed by atoms with Crippen molar-refractivity contribution in [1.82, 2.24) is 4.98 Å². The summed E-state index contributed by atoms with van der Waals surface area (Å²) in [6.45, 7) is 6.87. The number of nitrogens with zero attached hydrogens (tertiary/aromatic N) is 2. The first kappa shape index (κ1) is 8.57. The Morgan fingerprint density at radius 1 is 1.57 bits per heavy atom. The molecule has 1 aromatic heterocycles. The highest BCUT2D eigenvalue weighted by Gasteiger charge is 2.07. The fourth-order valence-electron chi connectivity index (χ4n) is 1.22. The summed E-state index contributed by atoms with van der Waals surface area (Å²) in [7, 11) is 1.60. The van der Waals surface area contributed by atoms with Gasteiger partial charge in [-0.2, -0.15) is 0 Å². The summed E-state index contributed by atoms with van der Waals surface area (Å²) in [5, 5.41) is 0. The lowest BCUT2D eigenvalue weighted by molar-refractivity contribution is 0.415. The van der Waals surface area contributed by atoms with Crippen molar-refractivity contribution in [2.45, 2.75) is 6.54 Å². The third-order valence-electron chi connectivity index (χ3n) is 1.85. The number of fused-ring (bicyclic) bond motifs is 1. The van der Waals surface area contributed by atoms with Crippen LogP contribution in [0.3, 0.4) is 0 Å². The van der Waals surface area contributed by atoms with Crippen LogP contribution in [0.2, 0.25) is 0 Å². The molecule has 2 rings (SSSR count). The van der Waals surface area contributed by atoms with Gasteiger partial charge in [0.15, 0.2) is 5.58 Å². The van der Waals surface area contributed by atoms with E-state index in [1.54, 1.807) is 25.3 Å². The molecule has 4 nitrogen and oxygen atoms in total. The van der Waals surface area contributed by atoms with Gasteiger partial charge < -0.3 is 14.0 Å². The molecule has 0 aliphatic rings. The number of hydrogen-bond acceptors (Lipinski definition) is 3. The van der Waals surface area contributed by atoms with Crippen molar-refractivity contribution >= 4 is 11.1 Å². The maximum Gasteiger partial charge on any atom is 0.289 e. The first-order valence-electron chi connectivity index (χ1n) is 4.10. The lowest BCUT2D eigenvalue weighted by Crippen LogP contribution is -1.81. The molecule has 0 aliphatic carbocycles. The predicted octanol–water partition coefficient (Wildman–Crippen LogP) is 2.26. The molecule has 0 amide bonds. The summed E-state index contributed by atoms with van der Waals surface area (Å²) in [5.74, 6) is 1.18. The minimum Gasteiger partial charge on any atom is -0.497 e. The summed E-state index contributed by atoms with van der Waals surface area (Å²) in [6.07, 6.45) is 0. The first-order valence-corrected chi connectivity index (χ1v) is 4.10. The van der Waals surface area contributed by atoms with Gasteiger partial charge >= 0.3 is 0 Å². The monoisotopic (exact) mass is 188 g/mol. The fourth-order valence-corrected chi connectivity index (χ4v) is 1.22. The fraction of sp³-hybridized carbons (Fsp3) is 0.200. The van der Waals surface area contributed by atoms with Crippen LogP contribution in [0.25, 0.3) is 15.9 Å². The van der Waals surface area contributed by atoms with E-state index in [9.17, 15) is 0 Å². The molecule has 1 heterocycles. The van der Waals surface area contributed by atoms with Gasteiger partial charge in [-0.1, -0.05) is 0 Å². The maximum atomic E-state index is 6.69. The SMILES string of the molecule is [C-]#[N+]Cc1nc2cc(OC)ccc2o1. The lowest BCUT2D eigenvalue weighted by Gasteiger charge is -1.95. The zero-order chi connectivity index (χ0) is 9.97. The zero-order valence-electron chi connectivity index (χ0n) is 7.65. The van der Waals surface area contributed by atoms with E-state index in [2.05, 4.69) is 9.83 Å². The molecule has 0 fully saturated rings. The van der Waals surface area contributed by atoms with E-state index < -0.39 is 0 Å².